The van der Waals surface area contributed by atoms with E-state index >= 15 is 0 Å². The Morgan fingerprint density at radius 3 is 2.79 bits per heavy atom. The first-order valence-corrected chi connectivity index (χ1v) is 8.12. The van der Waals surface area contributed by atoms with Gasteiger partial charge in [0.05, 0.1) is 17.0 Å². The Labute approximate surface area is 140 Å². The number of hydrogen-bond acceptors (Lipinski definition) is 7. The van der Waals surface area contributed by atoms with Crippen LogP contribution in [0.25, 0.3) is 0 Å². The lowest BCUT2D eigenvalue weighted by Gasteiger charge is -2.37. The second-order valence-corrected chi connectivity index (χ2v) is 6.13. The van der Waals surface area contributed by atoms with Gasteiger partial charge in [-0.05, 0) is 33.4 Å². The number of amides is 1. The van der Waals surface area contributed by atoms with E-state index in [0.29, 0.717) is 36.8 Å². The van der Waals surface area contributed by atoms with Crippen LogP contribution in [0.1, 0.15) is 46.4 Å². The Morgan fingerprint density at radius 1 is 1.33 bits per heavy atom. The summed E-state index contributed by atoms with van der Waals surface area (Å²) in [4.78, 5) is 21.3. The molecule has 8 nitrogen and oxygen atoms in total. The standard InChI is InChI=1S/C16H22N6O2/c1-5-13-12(8-10(2)18-19-13)16(23)22-7-6-21(4)14(9-22)15-17-11(3)20-24-15/h8,14H,5-7,9H2,1-4H3/t14-/m0/s1. The molecular weight excluding hydrogens is 308 g/mol. The monoisotopic (exact) mass is 330 g/mol. The third-order valence-corrected chi connectivity index (χ3v) is 4.32. The molecule has 3 rings (SSSR count). The van der Waals surface area contributed by atoms with Crippen molar-refractivity contribution in [1.82, 2.24) is 30.1 Å². The molecule has 128 valence electrons. The fraction of sp³-hybridized carbons (Fsp3) is 0.562. The highest BCUT2D eigenvalue weighted by molar-refractivity contribution is 5.95. The second-order valence-electron chi connectivity index (χ2n) is 6.13. The van der Waals surface area contributed by atoms with Crippen LogP contribution in [-0.4, -0.2) is 62.7 Å². The number of likely N-dealkylation sites (N-methyl/N-ethyl adjacent to an activating group) is 1. The molecule has 1 amide bonds. The number of aryl methyl sites for hydroxylation is 3. The lowest BCUT2D eigenvalue weighted by Crippen LogP contribution is -2.49. The largest absolute Gasteiger partial charge is 0.338 e. The molecule has 24 heavy (non-hydrogen) atoms. The minimum absolute atomic E-state index is 0.0146. The van der Waals surface area contributed by atoms with Crippen LogP contribution in [-0.2, 0) is 6.42 Å². The van der Waals surface area contributed by atoms with Crippen LogP contribution in [0.2, 0.25) is 0 Å². The summed E-state index contributed by atoms with van der Waals surface area (Å²) in [5.74, 6) is 1.13. The van der Waals surface area contributed by atoms with Crippen LogP contribution in [0, 0.1) is 13.8 Å². The normalized spacial score (nSPS) is 18.8. The lowest BCUT2D eigenvalue weighted by atomic mass is 10.1. The van der Waals surface area contributed by atoms with Gasteiger partial charge >= 0.3 is 0 Å². The van der Waals surface area contributed by atoms with Gasteiger partial charge in [0.2, 0.25) is 5.89 Å². The highest BCUT2D eigenvalue weighted by Crippen LogP contribution is 2.24. The number of rotatable bonds is 3. The van der Waals surface area contributed by atoms with Crippen LogP contribution >= 0.6 is 0 Å². The van der Waals surface area contributed by atoms with Crippen molar-refractivity contribution >= 4 is 5.91 Å². The van der Waals surface area contributed by atoms with E-state index in [1.54, 1.807) is 6.92 Å². The van der Waals surface area contributed by atoms with Gasteiger partial charge in [-0.2, -0.15) is 15.2 Å². The van der Waals surface area contributed by atoms with E-state index < -0.39 is 0 Å². The molecule has 1 fully saturated rings. The van der Waals surface area contributed by atoms with Crippen LogP contribution in [0.5, 0.6) is 0 Å². The molecule has 1 atom stereocenters. The van der Waals surface area contributed by atoms with Gasteiger partial charge in [0.1, 0.15) is 6.04 Å². The van der Waals surface area contributed by atoms with Crippen molar-refractivity contribution in [1.29, 1.82) is 0 Å². The maximum atomic E-state index is 13.0. The van der Waals surface area contributed by atoms with Gasteiger partial charge in [0.25, 0.3) is 5.91 Å². The number of carbonyl (C=O) groups is 1. The van der Waals surface area contributed by atoms with E-state index in [1.165, 1.54) is 0 Å². The topological polar surface area (TPSA) is 88.3 Å². The maximum absolute atomic E-state index is 13.0. The van der Waals surface area contributed by atoms with Gasteiger partial charge in [-0.3, -0.25) is 9.69 Å². The van der Waals surface area contributed by atoms with E-state index in [2.05, 4.69) is 25.2 Å². The van der Waals surface area contributed by atoms with Crippen molar-refractivity contribution in [3.05, 3.63) is 34.7 Å². The average molecular weight is 330 g/mol. The molecule has 0 aliphatic carbocycles. The quantitative estimate of drug-likeness (QED) is 0.834. The molecule has 0 N–H and O–H groups in total. The molecule has 0 radical (unpaired) electrons. The van der Waals surface area contributed by atoms with Gasteiger partial charge in [0, 0.05) is 19.6 Å². The molecule has 0 unspecified atom stereocenters. The number of aromatic nitrogens is 4. The Kier molecular flexibility index (Phi) is 4.57. The van der Waals surface area contributed by atoms with Gasteiger partial charge in [-0.1, -0.05) is 12.1 Å². The highest BCUT2D eigenvalue weighted by atomic mass is 16.5. The van der Waals surface area contributed by atoms with Crippen molar-refractivity contribution in [2.24, 2.45) is 0 Å². The summed E-state index contributed by atoms with van der Waals surface area (Å²) in [6.45, 7) is 7.53. The average Bonchev–Trinajstić information content (AvgIpc) is 3.01. The predicted octanol–water partition coefficient (Wildman–Crippen LogP) is 1.17. The maximum Gasteiger partial charge on any atom is 0.255 e. The number of hydrogen-bond donors (Lipinski definition) is 0. The summed E-state index contributed by atoms with van der Waals surface area (Å²) in [5.41, 5.74) is 2.11. The molecule has 0 saturated carbocycles. The van der Waals surface area contributed by atoms with Crippen molar-refractivity contribution in [3.63, 3.8) is 0 Å². The second kappa shape index (κ2) is 6.64. The SMILES string of the molecule is CCc1nnc(C)cc1C(=O)N1CCN(C)[C@H](c2nc(C)no2)C1. The Bertz CT molecular complexity index is 744. The van der Waals surface area contributed by atoms with E-state index in [0.717, 1.165) is 17.9 Å². The van der Waals surface area contributed by atoms with E-state index in [9.17, 15) is 4.79 Å². The van der Waals surface area contributed by atoms with Gasteiger partial charge in [-0.15, -0.1) is 0 Å². The zero-order valence-corrected chi connectivity index (χ0v) is 14.5. The van der Waals surface area contributed by atoms with Crippen LogP contribution in [0.4, 0.5) is 0 Å². The Hall–Kier alpha value is -2.35. The summed E-state index contributed by atoms with van der Waals surface area (Å²) in [6.07, 6.45) is 0.675. The van der Waals surface area contributed by atoms with E-state index in [1.807, 2.05) is 31.9 Å². The minimum Gasteiger partial charge on any atom is -0.338 e. The molecular formula is C16H22N6O2. The number of piperazine rings is 1. The van der Waals surface area contributed by atoms with Gasteiger partial charge in [0.15, 0.2) is 5.82 Å². The lowest BCUT2D eigenvalue weighted by molar-refractivity contribution is 0.0487. The molecule has 2 aromatic rings. The zero-order chi connectivity index (χ0) is 17.3. The number of nitrogens with zero attached hydrogens (tertiary/aromatic N) is 6. The minimum atomic E-state index is -0.0927. The van der Waals surface area contributed by atoms with E-state index in [4.69, 9.17) is 4.52 Å². The highest BCUT2D eigenvalue weighted by Gasteiger charge is 2.33. The third kappa shape index (κ3) is 3.14. The first-order chi connectivity index (χ1) is 11.5. The van der Waals surface area contributed by atoms with E-state index in [-0.39, 0.29) is 11.9 Å². The van der Waals surface area contributed by atoms with Crippen molar-refractivity contribution in [3.8, 4) is 0 Å². The van der Waals surface area contributed by atoms with Crippen molar-refractivity contribution in [2.45, 2.75) is 33.2 Å². The molecule has 1 saturated heterocycles. The van der Waals surface area contributed by atoms with Crippen molar-refractivity contribution in [2.75, 3.05) is 26.7 Å². The van der Waals surface area contributed by atoms with Gasteiger partial charge < -0.3 is 9.42 Å². The summed E-state index contributed by atoms with van der Waals surface area (Å²) < 4.78 is 5.31. The van der Waals surface area contributed by atoms with Crippen molar-refractivity contribution < 1.29 is 9.32 Å². The molecule has 0 bridgehead atoms. The molecule has 3 heterocycles. The van der Waals surface area contributed by atoms with Gasteiger partial charge in [-0.25, -0.2) is 0 Å². The smallest absolute Gasteiger partial charge is 0.255 e. The third-order valence-electron chi connectivity index (χ3n) is 4.32. The van der Waals surface area contributed by atoms with Crippen LogP contribution < -0.4 is 0 Å². The first kappa shape index (κ1) is 16.5. The molecule has 1 aliphatic rings. The summed E-state index contributed by atoms with van der Waals surface area (Å²) in [6, 6.07) is 1.73. The number of carbonyl (C=O) groups excluding carboxylic acids is 1. The summed E-state index contributed by atoms with van der Waals surface area (Å²) in [5, 5.41) is 12.1. The van der Waals surface area contributed by atoms with Crippen LogP contribution in [0.3, 0.4) is 0 Å². The molecule has 8 heteroatoms. The first-order valence-electron chi connectivity index (χ1n) is 8.12. The molecule has 1 aliphatic heterocycles. The zero-order valence-electron chi connectivity index (χ0n) is 14.5. The Balaban J connectivity index is 1.84. The molecule has 0 aromatic carbocycles. The molecule has 0 spiro atoms. The summed E-state index contributed by atoms with van der Waals surface area (Å²) in [7, 11) is 2.00. The Morgan fingerprint density at radius 2 is 2.12 bits per heavy atom. The summed E-state index contributed by atoms with van der Waals surface area (Å²) >= 11 is 0. The fourth-order valence-corrected chi connectivity index (χ4v) is 2.90. The fourth-order valence-electron chi connectivity index (χ4n) is 2.90. The van der Waals surface area contributed by atoms with Crippen LogP contribution in [0.15, 0.2) is 10.6 Å². The molecule has 2 aromatic heterocycles. The predicted molar refractivity (Wildman–Crippen MR) is 86.5 cm³/mol.